The minimum Gasteiger partial charge on any atom is -0.490 e. The number of benzene rings is 2. The number of aromatic nitrogens is 1. The van der Waals surface area contributed by atoms with Crippen LogP contribution in [-0.2, 0) is 7.05 Å². The van der Waals surface area contributed by atoms with Crippen LogP contribution in [0.2, 0.25) is 0 Å². The van der Waals surface area contributed by atoms with E-state index < -0.39 is 11.5 Å². The summed E-state index contributed by atoms with van der Waals surface area (Å²) in [5.41, 5.74) is 1.26. The van der Waals surface area contributed by atoms with Gasteiger partial charge in [0.25, 0.3) is 11.5 Å². The summed E-state index contributed by atoms with van der Waals surface area (Å²) in [5.74, 6) is -0.364. The van der Waals surface area contributed by atoms with Crippen LogP contribution in [0.4, 0.5) is 15.8 Å². The first kappa shape index (κ1) is 22.1. The van der Waals surface area contributed by atoms with Crippen molar-refractivity contribution in [1.29, 1.82) is 5.26 Å². The summed E-state index contributed by atoms with van der Waals surface area (Å²) in [7, 11) is 1.58. The first-order chi connectivity index (χ1) is 15.9. The average molecular weight is 446 g/mol. The van der Waals surface area contributed by atoms with Crippen molar-refractivity contribution in [3.63, 3.8) is 0 Å². The molecule has 2 aromatic carbocycles. The second-order valence-electron chi connectivity index (χ2n) is 7.90. The Balaban J connectivity index is 1.50. The third-order valence-electron chi connectivity index (χ3n) is 5.62. The molecule has 1 aromatic heterocycles. The molecule has 0 unspecified atom stereocenters. The molecule has 8 heteroatoms. The molecule has 0 atom stereocenters. The number of amides is 1. The van der Waals surface area contributed by atoms with Crippen molar-refractivity contribution in [2.75, 3.05) is 23.3 Å². The van der Waals surface area contributed by atoms with Crippen molar-refractivity contribution in [2.24, 2.45) is 7.05 Å². The van der Waals surface area contributed by atoms with E-state index in [0.717, 1.165) is 5.69 Å². The van der Waals surface area contributed by atoms with Gasteiger partial charge < -0.3 is 19.5 Å². The SMILES string of the molecule is Cn1cccc(C(=O)Nc2cc(C#N)ccc2N2CCC(Oc3cccc(F)c3)CC2)c1=O. The zero-order chi connectivity index (χ0) is 23.4. The van der Waals surface area contributed by atoms with E-state index >= 15 is 0 Å². The lowest BCUT2D eigenvalue weighted by molar-refractivity contribution is 0.102. The predicted octanol–water partition coefficient (Wildman–Crippen LogP) is 3.70. The zero-order valence-corrected chi connectivity index (χ0v) is 18.1. The Morgan fingerprint density at radius 2 is 1.94 bits per heavy atom. The van der Waals surface area contributed by atoms with Gasteiger partial charge in [-0.1, -0.05) is 6.07 Å². The zero-order valence-electron chi connectivity index (χ0n) is 18.1. The summed E-state index contributed by atoms with van der Waals surface area (Å²) in [4.78, 5) is 27.2. The van der Waals surface area contributed by atoms with E-state index in [0.29, 0.717) is 42.9 Å². The molecular formula is C25H23FN4O3. The number of nitrogens with zero attached hydrogens (tertiary/aromatic N) is 3. The Morgan fingerprint density at radius 1 is 1.15 bits per heavy atom. The summed E-state index contributed by atoms with van der Waals surface area (Å²) >= 11 is 0. The van der Waals surface area contributed by atoms with Crippen LogP contribution in [0.3, 0.4) is 0 Å². The lowest BCUT2D eigenvalue weighted by Crippen LogP contribution is -2.38. The van der Waals surface area contributed by atoms with Gasteiger partial charge in [0.15, 0.2) is 0 Å². The minimum atomic E-state index is -0.531. The third-order valence-corrected chi connectivity index (χ3v) is 5.62. The monoisotopic (exact) mass is 446 g/mol. The van der Waals surface area contributed by atoms with E-state index in [1.165, 1.54) is 22.8 Å². The summed E-state index contributed by atoms with van der Waals surface area (Å²) in [6.45, 7) is 1.31. The van der Waals surface area contributed by atoms with Crippen LogP contribution in [0, 0.1) is 17.1 Å². The lowest BCUT2D eigenvalue weighted by atomic mass is 10.1. The van der Waals surface area contributed by atoms with Crippen LogP contribution in [-0.4, -0.2) is 29.7 Å². The van der Waals surface area contributed by atoms with Crippen molar-refractivity contribution >= 4 is 17.3 Å². The topological polar surface area (TPSA) is 87.4 Å². The number of nitrogens with one attached hydrogen (secondary N) is 1. The van der Waals surface area contributed by atoms with Gasteiger partial charge in [-0.2, -0.15) is 5.26 Å². The first-order valence-corrected chi connectivity index (χ1v) is 10.6. The van der Waals surface area contributed by atoms with E-state index in [2.05, 4.69) is 16.3 Å². The first-order valence-electron chi connectivity index (χ1n) is 10.6. The standard InChI is InChI=1S/C25H23FN4O3/c1-29-11-3-6-21(25(29)32)24(31)28-22-14-17(16-27)7-8-23(22)30-12-9-19(10-13-30)33-20-5-2-4-18(26)15-20/h2-8,11,14-15,19H,9-10,12-13H2,1H3,(H,28,31). The van der Waals surface area contributed by atoms with E-state index in [-0.39, 0.29) is 17.5 Å². The highest BCUT2D eigenvalue weighted by molar-refractivity contribution is 6.05. The van der Waals surface area contributed by atoms with Gasteiger partial charge in [-0.05, 0) is 42.5 Å². The molecule has 0 spiro atoms. The van der Waals surface area contributed by atoms with Gasteiger partial charge in [-0.15, -0.1) is 0 Å². The number of rotatable bonds is 5. The molecule has 0 radical (unpaired) electrons. The number of nitriles is 1. The molecule has 0 saturated carbocycles. The second-order valence-corrected chi connectivity index (χ2v) is 7.90. The molecule has 2 heterocycles. The summed E-state index contributed by atoms with van der Waals surface area (Å²) in [5, 5.41) is 12.1. The van der Waals surface area contributed by atoms with Crippen LogP contribution in [0.25, 0.3) is 0 Å². The van der Waals surface area contributed by atoms with Gasteiger partial charge in [0, 0.05) is 45.2 Å². The molecule has 1 N–H and O–H groups in total. The van der Waals surface area contributed by atoms with Crippen LogP contribution in [0.1, 0.15) is 28.8 Å². The number of carbonyl (C=O) groups excluding carboxylic acids is 1. The molecule has 1 fully saturated rings. The van der Waals surface area contributed by atoms with Crippen molar-refractivity contribution in [3.05, 3.63) is 88.1 Å². The van der Waals surface area contributed by atoms with Crippen molar-refractivity contribution in [1.82, 2.24) is 4.57 Å². The van der Waals surface area contributed by atoms with Crippen LogP contribution < -0.4 is 20.5 Å². The number of aryl methyl sites for hydroxylation is 1. The molecule has 1 saturated heterocycles. The number of hydrogen-bond acceptors (Lipinski definition) is 5. The molecule has 1 aliphatic rings. The van der Waals surface area contributed by atoms with Crippen LogP contribution in [0.5, 0.6) is 5.75 Å². The van der Waals surface area contributed by atoms with E-state index in [1.807, 2.05) is 0 Å². The molecule has 7 nitrogen and oxygen atoms in total. The van der Waals surface area contributed by atoms with Crippen molar-refractivity contribution in [2.45, 2.75) is 18.9 Å². The van der Waals surface area contributed by atoms with Crippen LogP contribution >= 0.6 is 0 Å². The van der Waals surface area contributed by atoms with Gasteiger partial charge in [0.2, 0.25) is 0 Å². The fraction of sp³-hybridized carbons (Fsp3) is 0.240. The number of anilines is 2. The maximum atomic E-state index is 13.4. The van der Waals surface area contributed by atoms with Gasteiger partial charge in [0.05, 0.1) is 23.0 Å². The number of ether oxygens (including phenoxy) is 1. The largest absolute Gasteiger partial charge is 0.490 e. The highest BCUT2D eigenvalue weighted by atomic mass is 19.1. The maximum absolute atomic E-state index is 13.4. The predicted molar refractivity (Wildman–Crippen MR) is 123 cm³/mol. The van der Waals surface area contributed by atoms with E-state index in [9.17, 15) is 19.2 Å². The summed E-state index contributed by atoms with van der Waals surface area (Å²) in [6, 6.07) is 16.4. The van der Waals surface area contributed by atoms with E-state index in [1.54, 1.807) is 49.6 Å². The molecule has 33 heavy (non-hydrogen) atoms. The molecule has 0 aliphatic carbocycles. The van der Waals surface area contributed by atoms with E-state index in [4.69, 9.17) is 4.74 Å². The molecule has 3 aromatic rings. The Labute approximate surface area is 190 Å². The van der Waals surface area contributed by atoms with Crippen molar-refractivity contribution in [3.8, 4) is 11.8 Å². The molecule has 1 amide bonds. The van der Waals surface area contributed by atoms with Crippen LogP contribution in [0.15, 0.2) is 65.6 Å². The maximum Gasteiger partial charge on any atom is 0.263 e. The average Bonchev–Trinajstić information content (AvgIpc) is 2.81. The molecule has 1 aliphatic heterocycles. The highest BCUT2D eigenvalue weighted by Gasteiger charge is 2.24. The summed E-state index contributed by atoms with van der Waals surface area (Å²) < 4.78 is 20.7. The molecule has 4 rings (SSSR count). The number of pyridine rings is 1. The quantitative estimate of drug-likeness (QED) is 0.646. The van der Waals surface area contributed by atoms with Gasteiger partial charge >= 0.3 is 0 Å². The highest BCUT2D eigenvalue weighted by Crippen LogP contribution is 2.31. The lowest BCUT2D eigenvalue weighted by Gasteiger charge is -2.34. The Hall–Kier alpha value is -4.12. The van der Waals surface area contributed by atoms with Gasteiger partial charge in [-0.3, -0.25) is 9.59 Å². The molecule has 0 bridgehead atoms. The normalized spacial score (nSPS) is 13.9. The molecular weight excluding hydrogens is 423 g/mol. The smallest absolute Gasteiger partial charge is 0.263 e. The van der Waals surface area contributed by atoms with Crippen molar-refractivity contribution < 1.29 is 13.9 Å². The van der Waals surface area contributed by atoms with Gasteiger partial charge in [-0.25, -0.2) is 4.39 Å². The number of halogens is 1. The number of hydrogen-bond donors (Lipinski definition) is 1. The Bertz CT molecular complexity index is 1270. The van der Waals surface area contributed by atoms with Gasteiger partial charge in [0.1, 0.15) is 23.2 Å². The summed E-state index contributed by atoms with van der Waals surface area (Å²) in [6.07, 6.45) is 2.95. The Morgan fingerprint density at radius 3 is 2.67 bits per heavy atom. The minimum absolute atomic E-state index is 0.0236. The fourth-order valence-electron chi connectivity index (χ4n) is 3.89. The fourth-order valence-corrected chi connectivity index (χ4v) is 3.89. The molecule has 168 valence electrons. The third kappa shape index (κ3) is 5.04. The Kier molecular flexibility index (Phi) is 6.41. The number of carbonyl (C=O) groups is 1. The second kappa shape index (κ2) is 9.57. The number of piperidine rings is 1.